The van der Waals surface area contributed by atoms with E-state index in [2.05, 4.69) is 10.1 Å². The van der Waals surface area contributed by atoms with Gasteiger partial charge in [0.15, 0.2) is 0 Å². The molecule has 1 saturated carbocycles. The fourth-order valence-electron chi connectivity index (χ4n) is 2.78. The summed E-state index contributed by atoms with van der Waals surface area (Å²) in [4.78, 5) is 16.2. The summed E-state index contributed by atoms with van der Waals surface area (Å²) in [6.45, 7) is 3.82. The van der Waals surface area contributed by atoms with Crippen molar-refractivity contribution in [1.29, 1.82) is 0 Å². The SMILES string of the molecule is CCOC(=O)C(C)c1nc(C2(OC)CCCCCC2)no1. The van der Waals surface area contributed by atoms with Crippen molar-refractivity contribution in [3.8, 4) is 0 Å². The van der Waals surface area contributed by atoms with Crippen molar-refractivity contribution in [2.45, 2.75) is 63.9 Å². The highest BCUT2D eigenvalue weighted by Crippen LogP contribution is 2.37. The molecule has 0 amide bonds. The van der Waals surface area contributed by atoms with Crippen LogP contribution in [0.25, 0.3) is 0 Å². The first kappa shape index (κ1) is 15.9. The summed E-state index contributed by atoms with van der Waals surface area (Å²) in [6, 6.07) is 0. The van der Waals surface area contributed by atoms with Crippen molar-refractivity contribution in [3.05, 3.63) is 11.7 Å². The van der Waals surface area contributed by atoms with E-state index in [0.29, 0.717) is 18.3 Å². The predicted molar refractivity (Wildman–Crippen MR) is 75.7 cm³/mol. The van der Waals surface area contributed by atoms with Crippen molar-refractivity contribution in [2.24, 2.45) is 0 Å². The number of carbonyl (C=O) groups excluding carboxylic acids is 1. The van der Waals surface area contributed by atoms with E-state index >= 15 is 0 Å². The number of ether oxygens (including phenoxy) is 2. The second-order valence-electron chi connectivity index (χ2n) is 5.54. The van der Waals surface area contributed by atoms with Crippen LogP contribution in [0.15, 0.2) is 4.52 Å². The smallest absolute Gasteiger partial charge is 0.318 e. The number of hydrogen-bond donors (Lipinski definition) is 0. The number of esters is 1. The van der Waals surface area contributed by atoms with Crippen LogP contribution in [0.3, 0.4) is 0 Å². The Morgan fingerprint density at radius 3 is 2.57 bits per heavy atom. The van der Waals surface area contributed by atoms with Crippen LogP contribution in [0.4, 0.5) is 0 Å². The first-order valence-corrected chi connectivity index (χ1v) is 7.69. The molecular formula is C15H24N2O4. The molecule has 1 unspecified atom stereocenters. The van der Waals surface area contributed by atoms with Gasteiger partial charge < -0.3 is 14.0 Å². The Balaban J connectivity index is 2.18. The van der Waals surface area contributed by atoms with Crippen molar-refractivity contribution in [1.82, 2.24) is 10.1 Å². The minimum Gasteiger partial charge on any atom is -0.465 e. The summed E-state index contributed by atoms with van der Waals surface area (Å²) in [5.74, 6) is -0.0481. The van der Waals surface area contributed by atoms with Crippen molar-refractivity contribution < 1.29 is 18.8 Å². The number of rotatable bonds is 5. The monoisotopic (exact) mass is 296 g/mol. The van der Waals surface area contributed by atoms with Crippen LogP contribution >= 0.6 is 0 Å². The Bertz CT molecular complexity index is 464. The van der Waals surface area contributed by atoms with Gasteiger partial charge in [0.2, 0.25) is 11.7 Å². The molecular weight excluding hydrogens is 272 g/mol. The molecule has 6 nitrogen and oxygen atoms in total. The zero-order valence-electron chi connectivity index (χ0n) is 13.1. The third-order valence-corrected chi connectivity index (χ3v) is 4.16. The van der Waals surface area contributed by atoms with E-state index in [1.165, 1.54) is 12.8 Å². The Morgan fingerprint density at radius 2 is 2.00 bits per heavy atom. The molecule has 0 aliphatic heterocycles. The second-order valence-corrected chi connectivity index (χ2v) is 5.54. The van der Waals surface area contributed by atoms with Gasteiger partial charge in [-0.25, -0.2) is 0 Å². The maximum absolute atomic E-state index is 11.8. The average Bonchev–Trinajstić information content (AvgIpc) is 2.86. The molecule has 1 fully saturated rings. The molecule has 0 saturated heterocycles. The zero-order valence-corrected chi connectivity index (χ0v) is 13.1. The number of carbonyl (C=O) groups is 1. The lowest BCUT2D eigenvalue weighted by atomic mass is 9.93. The minimum atomic E-state index is -0.550. The number of nitrogens with zero attached hydrogens (tertiary/aromatic N) is 2. The van der Waals surface area contributed by atoms with E-state index < -0.39 is 11.5 Å². The van der Waals surface area contributed by atoms with Crippen molar-refractivity contribution in [3.63, 3.8) is 0 Å². The molecule has 118 valence electrons. The molecule has 1 aliphatic rings. The summed E-state index contributed by atoms with van der Waals surface area (Å²) < 4.78 is 16.0. The number of hydrogen-bond acceptors (Lipinski definition) is 6. The molecule has 21 heavy (non-hydrogen) atoms. The fourth-order valence-corrected chi connectivity index (χ4v) is 2.78. The maximum atomic E-state index is 11.8. The van der Waals surface area contributed by atoms with Crippen LogP contribution in [0, 0.1) is 0 Å². The highest BCUT2D eigenvalue weighted by molar-refractivity contribution is 5.76. The van der Waals surface area contributed by atoms with Gasteiger partial charge in [-0.15, -0.1) is 0 Å². The zero-order chi connectivity index (χ0) is 15.3. The van der Waals surface area contributed by atoms with Gasteiger partial charge in [0.25, 0.3) is 0 Å². The molecule has 0 spiro atoms. The van der Waals surface area contributed by atoms with Crippen LogP contribution in [-0.2, 0) is 19.9 Å². The second kappa shape index (κ2) is 7.02. The predicted octanol–water partition coefficient (Wildman–Crippen LogP) is 2.93. The third-order valence-electron chi connectivity index (χ3n) is 4.16. The number of methoxy groups -OCH3 is 1. The lowest BCUT2D eigenvalue weighted by Crippen LogP contribution is -2.29. The highest BCUT2D eigenvalue weighted by Gasteiger charge is 2.38. The van der Waals surface area contributed by atoms with Crippen LogP contribution in [0.5, 0.6) is 0 Å². The summed E-state index contributed by atoms with van der Waals surface area (Å²) >= 11 is 0. The van der Waals surface area contributed by atoms with Crippen LogP contribution in [0.2, 0.25) is 0 Å². The van der Waals surface area contributed by atoms with Crippen molar-refractivity contribution in [2.75, 3.05) is 13.7 Å². The Morgan fingerprint density at radius 1 is 1.33 bits per heavy atom. The van der Waals surface area contributed by atoms with Crippen LogP contribution in [-0.4, -0.2) is 29.8 Å². The molecule has 6 heteroatoms. The lowest BCUT2D eigenvalue weighted by molar-refractivity contribution is -0.145. The summed E-state index contributed by atoms with van der Waals surface area (Å²) in [5.41, 5.74) is -0.480. The molecule has 2 rings (SSSR count). The maximum Gasteiger partial charge on any atom is 0.318 e. The van der Waals surface area contributed by atoms with Gasteiger partial charge in [0.1, 0.15) is 11.5 Å². The van der Waals surface area contributed by atoms with E-state index in [0.717, 1.165) is 25.7 Å². The van der Waals surface area contributed by atoms with E-state index in [1.807, 2.05) is 0 Å². The van der Waals surface area contributed by atoms with E-state index in [4.69, 9.17) is 14.0 Å². The molecule has 1 atom stereocenters. The van der Waals surface area contributed by atoms with Gasteiger partial charge in [-0.3, -0.25) is 4.79 Å². The van der Waals surface area contributed by atoms with E-state index in [-0.39, 0.29) is 5.97 Å². The van der Waals surface area contributed by atoms with Crippen LogP contribution in [0.1, 0.15) is 70.0 Å². The topological polar surface area (TPSA) is 74.5 Å². The van der Waals surface area contributed by atoms with Gasteiger partial charge in [-0.2, -0.15) is 4.98 Å². The van der Waals surface area contributed by atoms with Gasteiger partial charge in [0.05, 0.1) is 6.61 Å². The molecule has 0 bridgehead atoms. The fraction of sp³-hybridized carbons (Fsp3) is 0.800. The molecule has 1 aromatic heterocycles. The van der Waals surface area contributed by atoms with Gasteiger partial charge >= 0.3 is 5.97 Å². The molecule has 1 aromatic rings. The first-order chi connectivity index (χ1) is 10.1. The average molecular weight is 296 g/mol. The normalized spacial score (nSPS) is 19.8. The molecule has 1 aliphatic carbocycles. The third kappa shape index (κ3) is 3.43. The quantitative estimate of drug-likeness (QED) is 0.614. The largest absolute Gasteiger partial charge is 0.465 e. The lowest BCUT2D eigenvalue weighted by Gasteiger charge is -2.27. The molecule has 0 aromatic carbocycles. The standard InChI is InChI=1S/C15H24N2O4/c1-4-20-13(18)11(2)12-16-14(17-21-12)15(19-3)9-7-5-6-8-10-15/h11H,4-10H2,1-3H3. The molecule has 1 heterocycles. The first-order valence-electron chi connectivity index (χ1n) is 7.69. The van der Waals surface area contributed by atoms with Crippen molar-refractivity contribution >= 4 is 5.97 Å². The van der Waals surface area contributed by atoms with Gasteiger partial charge in [-0.1, -0.05) is 30.8 Å². The minimum absolute atomic E-state index is 0.295. The summed E-state index contributed by atoms with van der Waals surface area (Å²) in [7, 11) is 1.69. The van der Waals surface area contributed by atoms with E-state index in [9.17, 15) is 4.79 Å². The van der Waals surface area contributed by atoms with Gasteiger partial charge in [0, 0.05) is 7.11 Å². The number of aromatic nitrogens is 2. The summed E-state index contributed by atoms with van der Waals surface area (Å²) in [5, 5.41) is 4.07. The van der Waals surface area contributed by atoms with E-state index in [1.54, 1.807) is 21.0 Å². The molecule has 0 N–H and O–H groups in total. The Hall–Kier alpha value is -1.43. The highest BCUT2D eigenvalue weighted by atomic mass is 16.5. The molecule has 0 radical (unpaired) electrons. The Labute approximate surface area is 125 Å². The Kier molecular flexibility index (Phi) is 5.33. The van der Waals surface area contributed by atoms with Crippen LogP contribution < -0.4 is 0 Å². The van der Waals surface area contributed by atoms with Gasteiger partial charge in [-0.05, 0) is 26.7 Å². The summed E-state index contributed by atoms with van der Waals surface area (Å²) in [6.07, 6.45) is 6.35.